The fraction of sp³-hybridized carbons (Fsp3) is 0.652. The first-order valence-corrected chi connectivity index (χ1v) is 30.7. The van der Waals surface area contributed by atoms with Gasteiger partial charge in [-0.2, -0.15) is 0 Å². The van der Waals surface area contributed by atoms with Crippen LogP contribution < -0.4 is 0 Å². The number of ether oxygens (including phenoxy) is 3. The molecule has 1 unspecified atom stereocenters. The molecule has 0 amide bonds. The molecule has 0 aliphatic rings. The molecule has 0 aromatic carbocycles. The van der Waals surface area contributed by atoms with Crippen LogP contribution in [0, 0.1) is 0 Å². The monoisotopic (exact) mass is 1020 g/mol. The van der Waals surface area contributed by atoms with Gasteiger partial charge < -0.3 is 14.2 Å². The van der Waals surface area contributed by atoms with Gasteiger partial charge in [0.15, 0.2) is 6.10 Å². The number of carbonyl (C=O) groups is 2. The van der Waals surface area contributed by atoms with E-state index in [9.17, 15) is 9.59 Å². The van der Waals surface area contributed by atoms with E-state index in [1.165, 1.54) is 96.3 Å². The quantitative estimate of drug-likeness (QED) is 0.0345. The minimum atomic E-state index is -0.567. The largest absolute Gasteiger partial charge is 0.462 e. The van der Waals surface area contributed by atoms with Crippen LogP contribution in [0.5, 0.6) is 0 Å². The van der Waals surface area contributed by atoms with E-state index in [2.05, 4.69) is 154 Å². The molecular weight excluding hydrogens is 909 g/mol. The average Bonchev–Trinajstić information content (AvgIpc) is 3.40. The van der Waals surface area contributed by atoms with E-state index in [1.807, 2.05) is 0 Å². The van der Waals surface area contributed by atoms with Crippen molar-refractivity contribution in [2.24, 2.45) is 0 Å². The Labute approximate surface area is 458 Å². The van der Waals surface area contributed by atoms with Crippen LogP contribution >= 0.6 is 0 Å². The molecule has 1 atom stereocenters. The van der Waals surface area contributed by atoms with Gasteiger partial charge in [0.2, 0.25) is 0 Å². The van der Waals surface area contributed by atoms with Gasteiger partial charge in [0.05, 0.1) is 6.61 Å². The Balaban J connectivity index is 4.39. The van der Waals surface area contributed by atoms with Crippen molar-refractivity contribution >= 4 is 11.9 Å². The lowest BCUT2D eigenvalue weighted by atomic mass is 10.1. The zero-order valence-electron chi connectivity index (χ0n) is 48.3. The summed E-state index contributed by atoms with van der Waals surface area (Å²) in [5.74, 6) is -0.437. The van der Waals surface area contributed by atoms with Crippen LogP contribution in [0.4, 0.5) is 0 Å². The maximum atomic E-state index is 12.9. The lowest BCUT2D eigenvalue weighted by Crippen LogP contribution is -2.30. The van der Waals surface area contributed by atoms with Gasteiger partial charge in [-0.3, -0.25) is 9.59 Å². The smallest absolute Gasteiger partial charge is 0.306 e. The number of unbranched alkanes of at least 4 members (excludes halogenated alkanes) is 22. The van der Waals surface area contributed by atoms with Crippen LogP contribution in [-0.4, -0.2) is 37.9 Å². The zero-order valence-corrected chi connectivity index (χ0v) is 48.3. The maximum absolute atomic E-state index is 12.9. The SMILES string of the molecule is CC/C=C\C/C=C\C/C=C\C/C=C\CCCCCCCCCOCC(COC(=O)CCCCCCCC/C=C\C/C=C\C/C=C\C/C=C\CC)OC(=O)CCCCCCCC/C=C\C/C=C\C/C=C\CCCCC. The first-order chi connectivity index (χ1) is 36.6. The van der Waals surface area contributed by atoms with E-state index < -0.39 is 6.10 Å². The summed E-state index contributed by atoms with van der Waals surface area (Å²) in [5.41, 5.74) is 0. The Hall–Kier alpha value is -3.96. The minimum absolute atomic E-state index is 0.0596. The lowest BCUT2D eigenvalue weighted by Gasteiger charge is -2.18. The highest BCUT2D eigenvalue weighted by atomic mass is 16.6. The Morgan fingerprint density at radius 1 is 0.311 bits per heavy atom. The lowest BCUT2D eigenvalue weighted by molar-refractivity contribution is -0.163. The van der Waals surface area contributed by atoms with Crippen molar-refractivity contribution < 1.29 is 23.8 Å². The highest BCUT2D eigenvalue weighted by Crippen LogP contribution is 2.14. The molecule has 0 aliphatic carbocycles. The first-order valence-electron chi connectivity index (χ1n) is 30.7. The Kier molecular flexibility index (Phi) is 59.9. The molecule has 0 fully saturated rings. The average molecular weight is 1020 g/mol. The number of hydrogen-bond donors (Lipinski definition) is 0. The first kappa shape index (κ1) is 70.0. The molecule has 0 saturated carbocycles. The summed E-state index contributed by atoms with van der Waals surface area (Å²) in [6.45, 7) is 7.53. The van der Waals surface area contributed by atoms with Gasteiger partial charge in [-0.1, -0.05) is 251 Å². The van der Waals surface area contributed by atoms with E-state index in [1.54, 1.807) is 0 Å². The summed E-state index contributed by atoms with van der Waals surface area (Å²) in [6.07, 6.45) is 90.5. The zero-order chi connectivity index (χ0) is 53.4. The van der Waals surface area contributed by atoms with Gasteiger partial charge in [0.1, 0.15) is 6.61 Å². The summed E-state index contributed by atoms with van der Waals surface area (Å²) in [6, 6.07) is 0. The van der Waals surface area contributed by atoms with Crippen LogP contribution in [-0.2, 0) is 23.8 Å². The summed E-state index contributed by atoms with van der Waals surface area (Å²) in [4.78, 5) is 25.6. The molecule has 0 aromatic rings. The molecule has 74 heavy (non-hydrogen) atoms. The fourth-order valence-corrected chi connectivity index (χ4v) is 8.15. The molecule has 5 heteroatoms. The molecule has 0 spiro atoms. The predicted octanol–water partition coefficient (Wildman–Crippen LogP) is 21.5. The number of allylic oxidation sites excluding steroid dienone is 22. The fourth-order valence-electron chi connectivity index (χ4n) is 8.15. The van der Waals surface area contributed by atoms with Crippen molar-refractivity contribution in [3.8, 4) is 0 Å². The van der Waals surface area contributed by atoms with E-state index in [4.69, 9.17) is 14.2 Å². The van der Waals surface area contributed by atoms with Gasteiger partial charge in [-0.05, 0) is 135 Å². The summed E-state index contributed by atoms with van der Waals surface area (Å²) in [5, 5.41) is 0. The molecule has 0 radical (unpaired) electrons. The molecule has 0 aromatic heterocycles. The molecule has 0 heterocycles. The van der Waals surface area contributed by atoms with Crippen molar-refractivity contribution in [3.63, 3.8) is 0 Å². The normalized spacial score (nSPS) is 13.2. The summed E-state index contributed by atoms with van der Waals surface area (Å²) < 4.78 is 17.5. The second-order valence-electron chi connectivity index (χ2n) is 19.8. The van der Waals surface area contributed by atoms with Gasteiger partial charge in [-0.25, -0.2) is 0 Å². The standard InChI is InChI=1S/C69H114O5/c1-4-7-10-13-16-19-22-25-28-31-34-37-40-43-46-49-52-55-58-61-64-72-65-67(74-69(71)63-60-57-54-51-48-45-42-39-36-33-30-27-24-21-18-15-12-9-6-3)66-73-68(70)62-59-56-53-50-47-44-41-38-35-32-29-26-23-20-17-14-11-8-5-2/h7-8,10-11,16-21,25-30,34-39,67H,4-6,9,12-15,22-24,31-33,40-66H2,1-3H3/b10-7-,11-8-,19-16-,20-17-,21-18-,28-25-,29-26-,30-27-,37-34-,38-35-,39-36-. The Morgan fingerprint density at radius 3 is 0.973 bits per heavy atom. The second-order valence-corrected chi connectivity index (χ2v) is 19.8. The number of hydrogen-bond acceptors (Lipinski definition) is 5. The molecule has 0 aliphatic heterocycles. The van der Waals surface area contributed by atoms with Crippen LogP contribution in [0.15, 0.2) is 134 Å². The third-order valence-electron chi connectivity index (χ3n) is 12.7. The summed E-state index contributed by atoms with van der Waals surface area (Å²) >= 11 is 0. The van der Waals surface area contributed by atoms with Gasteiger partial charge in [0.25, 0.3) is 0 Å². The highest BCUT2D eigenvalue weighted by Gasteiger charge is 2.17. The Bertz CT molecular complexity index is 1530. The van der Waals surface area contributed by atoms with E-state index in [0.29, 0.717) is 19.4 Å². The summed E-state index contributed by atoms with van der Waals surface area (Å²) in [7, 11) is 0. The molecular formula is C69H114O5. The third kappa shape index (κ3) is 60.6. The van der Waals surface area contributed by atoms with Crippen LogP contribution in [0.1, 0.15) is 265 Å². The van der Waals surface area contributed by atoms with E-state index in [-0.39, 0.29) is 25.2 Å². The minimum Gasteiger partial charge on any atom is -0.462 e. The topological polar surface area (TPSA) is 61.8 Å². The van der Waals surface area contributed by atoms with Crippen molar-refractivity contribution in [2.45, 2.75) is 271 Å². The molecule has 0 N–H and O–H groups in total. The third-order valence-corrected chi connectivity index (χ3v) is 12.7. The molecule has 5 nitrogen and oxygen atoms in total. The van der Waals surface area contributed by atoms with Crippen molar-refractivity contribution in [1.29, 1.82) is 0 Å². The van der Waals surface area contributed by atoms with Gasteiger partial charge in [-0.15, -0.1) is 0 Å². The van der Waals surface area contributed by atoms with Crippen LogP contribution in [0.3, 0.4) is 0 Å². The molecule has 0 saturated heterocycles. The van der Waals surface area contributed by atoms with Crippen molar-refractivity contribution in [3.05, 3.63) is 134 Å². The van der Waals surface area contributed by atoms with E-state index in [0.717, 1.165) is 135 Å². The maximum Gasteiger partial charge on any atom is 0.306 e. The Morgan fingerprint density at radius 2 is 0.608 bits per heavy atom. The van der Waals surface area contributed by atoms with Crippen LogP contribution in [0.2, 0.25) is 0 Å². The van der Waals surface area contributed by atoms with Crippen molar-refractivity contribution in [2.75, 3.05) is 19.8 Å². The number of rotatable bonds is 55. The number of carbonyl (C=O) groups excluding carboxylic acids is 2. The highest BCUT2D eigenvalue weighted by molar-refractivity contribution is 5.70. The molecule has 420 valence electrons. The van der Waals surface area contributed by atoms with Crippen LogP contribution in [0.25, 0.3) is 0 Å². The number of esters is 2. The van der Waals surface area contributed by atoms with Gasteiger partial charge >= 0.3 is 11.9 Å². The van der Waals surface area contributed by atoms with Gasteiger partial charge in [0, 0.05) is 19.4 Å². The molecule has 0 rings (SSSR count). The predicted molar refractivity (Wildman–Crippen MR) is 325 cm³/mol. The van der Waals surface area contributed by atoms with Crippen molar-refractivity contribution in [1.82, 2.24) is 0 Å². The second kappa shape index (κ2) is 63.3. The van der Waals surface area contributed by atoms with E-state index >= 15 is 0 Å². The molecule has 0 bridgehead atoms.